The van der Waals surface area contributed by atoms with Crippen molar-refractivity contribution in [1.82, 2.24) is 16.0 Å². The normalized spacial score (nSPS) is 22.4. The average Bonchev–Trinajstić information content (AvgIpc) is 0.794. The first-order chi connectivity index (χ1) is 65.2. The summed E-state index contributed by atoms with van der Waals surface area (Å²) in [6, 6.07) is 2.84. The summed E-state index contributed by atoms with van der Waals surface area (Å²) in [6.07, 6.45) is -4.29. The number of carbonyl (C=O) groups is 12. The maximum absolute atomic E-state index is 12.4. The Balaban J connectivity index is 1.71. The molecule has 0 bridgehead atoms. The summed E-state index contributed by atoms with van der Waals surface area (Å²) in [6.45, 7) is 18.4. The molecule has 3 heterocycles. The smallest absolute Gasteiger partial charge is 0.332 e. The lowest BCUT2D eigenvalue weighted by Crippen LogP contribution is -2.66. The number of esters is 9. The van der Waals surface area contributed by atoms with Gasteiger partial charge in [-0.3, -0.25) is 57.5 Å². The molecule has 776 valence electrons. The third-order valence-corrected chi connectivity index (χ3v) is 22.7. The monoisotopic (exact) mass is 2000 g/mol. The fourth-order valence-electron chi connectivity index (χ4n) is 13.4. The average molecular weight is 2010 g/mol. The van der Waals surface area contributed by atoms with E-state index in [0.717, 1.165) is 54.4 Å². The minimum Gasteiger partial charge on any atom is -0.463 e. The minimum absolute atomic E-state index is 0.0583. The van der Waals surface area contributed by atoms with Crippen molar-refractivity contribution < 1.29 is 188 Å². The number of hydrogen-bond donors (Lipinski definition) is 3. The zero-order chi connectivity index (χ0) is 100. The number of nitrogens with zero attached hydrogens (tertiary/aromatic N) is 3. The van der Waals surface area contributed by atoms with Crippen LogP contribution in [0.4, 0.5) is 0 Å². The van der Waals surface area contributed by atoms with E-state index < -0.39 is 195 Å². The molecule has 0 aromatic heterocycles. The van der Waals surface area contributed by atoms with Gasteiger partial charge in [0.1, 0.15) is 56.3 Å². The standard InChI is InChI=1S/C87H143N6O40P3/c1-14-15-37-106-56-87(57-107-38-31-50-122-134(119-47-28-34-88)116-44-25-19-16-22-41-110-84-75(91-60(2)94)81(128-69(11)103)78(125-66(8)100)72(131-84)53-113-63(5)97,58-108-39-32-51-123-135(120-48-29-35-89)117-45-26-20-17-23-42-111-85-76(92-61(3)95)82(129-70(12)104)79(126-67(9)101)73(132-85)54-114-64(6)98)59-109-40-33-52-124-136(121-49-30-36-90)118-46-27-21-18-24-43-112-86-77(93-62(4)96)83(130-71(13)105)80(127-68(10)102)74(133-86)55-115-65(7)99/h72-86H,14-33,37-59H2,1-13H3,(H,91,94)(H,92,95)(H,93,96)/t72?,73?,74?,75-,76-,77?,78-,79-,80-,81?,82?,83?,84+,85+,86+,87?,134?,135?,136?/m0/s1. The van der Waals surface area contributed by atoms with Crippen LogP contribution in [0.5, 0.6) is 0 Å². The number of unbranched alkanes of at least 4 members (excludes halogenated alkanes) is 10. The summed E-state index contributed by atoms with van der Waals surface area (Å²) in [5.74, 6) is -7.87. The Bertz CT molecular complexity index is 3240. The number of nitriles is 3. The molecule has 49 heteroatoms. The lowest BCUT2D eigenvalue weighted by Gasteiger charge is -2.44. The zero-order valence-electron chi connectivity index (χ0n) is 80.6. The number of hydrogen-bond acceptors (Lipinski definition) is 43. The number of amides is 3. The van der Waals surface area contributed by atoms with Gasteiger partial charge in [-0.2, -0.15) is 15.8 Å². The summed E-state index contributed by atoms with van der Waals surface area (Å²) in [5.41, 5.74) is -0.876. The van der Waals surface area contributed by atoms with Crippen LogP contribution in [-0.2, 0) is 188 Å². The van der Waals surface area contributed by atoms with Gasteiger partial charge in [0.05, 0.1) is 129 Å². The number of carbonyl (C=O) groups excluding carboxylic acids is 12. The van der Waals surface area contributed by atoms with Crippen molar-refractivity contribution in [1.29, 1.82) is 15.8 Å². The highest BCUT2D eigenvalue weighted by atomic mass is 31.2. The molecule has 3 amide bonds. The maximum Gasteiger partial charge on any atom is 0.332 e. The van der Waals surface area contributed by atoms with Gasteiger partial charge in [-0.05, 0) is 64.2 Å². The van der Waals surface area contributed by atoms with Gasteiger partial charge in [0.15, 0.2) is 55.5 Å². The molecule has 0 aromatic rings. The minimum atomic E-state index is -1.89. The van der Waals surface area contributed by atoms with Crippen LogP contribution in [0, 0.1) is 39.4 Å². The highest BCUT2D eigenvalue weighted by Crippen LogP contribution is 2.43. The topological polar surface area (TPSA) is 571 Å². The van der Waals surface area contributed by atoms with Gasteiger partial charge in [0, 0.05) is 129 Å². The van der Waals surface area contributed by atoms with E-state index >= 15 is 0 Å². The quantitative estimate of drug-likeness (QED) is 0.0223. The summed E-state index contributed by atoms with van der Waals surface area (Å²) < 4.78 is 165. The van der Waals surface area contributed by atoms with Crippen molar-refractivity contribution in [3.05, 3.63) is 0 Å². The van der Waals surface area contributed by atoms with Crippen molar-refractivity contribution in [3.63, 3.8) is 0 Å². The predicted octanol–water partition coefficient (Wildman–Crippen LogP) is 8.28. The Labute approximate surface area is 799 Å². The first-order valence-corrected chi connectivity index (χ1v) is 49.1. The number of nitrogens with one attached hydrogen (secondary N) is 3. The third-order valence-electron chi connectivity index (χ3n) is 19.2. The fraction of sp³-hybridized carbons (Fsp3) is 0.828. The maximum atomic E-state index is 12.4. The zero-order valence-corrected chi connectivity index (χ0v) is 83.3. The van der Waals surface area contributed by atoms with Gasteiger partial charge < -0.3 is 147 Å². The Kier molecular flexibility index (Phi) is 67.4. The van der Waals surface area contributed by atoms with Crippen LogP contribution >= 0.6 is 25.8 Å². The molecule has 3 fully saturated rings. The van der Waals surface area contributed by atoms with E-state index in [2.05, 4.69) is 34.2 Å². The summed E-state index contributed by atoms with van der Waals surface area (Å²) in [4.78, 5) is 146. The van der Waals surface area contributed by atoms with Crippen LogP contribution < -0.4 is 16.0 Å². The van der Waals surface area contributed by atoms with Crippen molar-refractivity contribution in [2.45, 2.75) is 310 Å². The molecule has 3 aliphatic heterocycles. The van der Waals surface area contributed by atoms with Crippen LogP contribution in [0.15, 0.2) is 0 Å². The fourth-order valence-corrected chi connectivity index (χ4v) is 16.4. The molecule has 3 saturated heterocycles. The molecule has 3 N–H and O–H groups in total. The first-order valence-electron chi connectivity index (χ1n) is 45.8. The molecule has 0 aliphatic carbocycles. The van der Waals surface area contributed by atoms with Gasteiger partial charge in [-0.15, -0.1) is 0 Å². The Morgan fingerprint density at radius 1 is 0.279 bits per heavy atom. The van der Waals surface area contributed by atoms with E-state index in [1.165, 1.54) is 41.5 Å². The molecule has 3 aliphatic rings. The molecular weight excluding hydrogens is 1860 g/mol. The second-order valence-electron chi connectivity index (χ2n) is 31.5. The molecule has 0 radical (unpaired) electrons. The Morgan fingerprint density at radius 3 is 0.721 bits per heavy atom. The molecule has 136 heavy (non-hydrogen) atoms. The van der Waals surface area contributed by atoms with E-state index in [-0.39, 0.29) is 165 Å². The van der Waals surface area contributed by atoms with Gasteiger partial charge in [0.2, 0.25) is 17.7 Å². The van der Waals surface area contributed by atoms with Crippen LogP contribution in [-0.4, -0.2) is 315 Å². The predicted molar refractivity (Wildman–Crippen MR) is 475 cm³/mol. The molecule has 0 aromatic carbocycles. The van der Waals surface area contributed by atoms with Crippen LogP contribution in [0.3, 0.4) is 0 Å². The molecule has 0 spiro atoms. The summed E-state index contributed by atoms with van der Waals surface area (Å²) >= 11 is 0. The van der Waals surface area contributed by atoms with Crippen molar-refractivity contribution in [3.8, 4) is 18.2 Å². The molecule has 3 rings (SSSR count). The first kappa shape index (κ1) is 123. The van der Waals surface area contributed by atoms with Crippen molar-refractivity contribution in [2.75, 3.05) is 152 Å². The van der Waals surface area contributed by atoms with E-state index in [1.54, 1.807) is 0 Å². The van der Waals surface area contributed by atoms with Crippen molar-refractivity contribution in [2.24, 2.45) is 5.41 Å². The molecule has 0 saturated carbocycles. The van der Waals surface area contributed by atoms with Gasteiger partial charge in [0.25, 0.3) is 0 Å². The summed E-state index contributed by atoms with van der Waals surface area (Å²) in [5, 5.41) is 36.1. The lowest BCUT2D eigenvalue weighted by atomic mass is 9.92. The van der Waals surface area contributed by atoms with Crippen LogP contribution in [0.1, 0.15) is 218 Å². The highest BCUT2D eigenvalue weighted by molar-refractivity contribution is 7.42. The Hall–Kier alpha value is -7.36. The molecule has 18 atom stereocenters. The largest absolute Gasteiger partial charge is 0.463 e. The number of rotatable bonds is 77. The summed E-state index contributed by atoms with van der Waals surface area (Å²) in [7, 11) is -5.68. The Morgan fingerprint density at radius 2 is 0.500 bits per heavy atom. The SMILES string of the molecule is CCCCOCC(COCCCOP(OCCC#N)OCCCCCCO[C@@H]1OC(COC(C)=O)[C@H](OC(C)=O)C(OC(C)=O)C1NC(C)=O)(COCCCOP(OCCC#N)OCCCCCCO[C@@H]1OC(COC(C)=O)[C@H](OC(C)=O)C(OC(C)=O)[C@@H]1NC(C)=O)COCCCOP(OCCC#N)OCCCCCCO[C@@H]1OC(COC(C)=O)[C@H](OC(C)=O)C(OC(C)=O)[C@@H]1NC(C)=O. The van der Waals surface area contributed by atoms with E-state index in [0.29, 0.717) is 103 Å². The molecular formula is C87H143N6O40P3. The van der Waals surface area contributed by atoms with Gasteiger partial charge in [-0.25, -0.2) is 0 Å². The lowest BCUT2D eigenvalue weighted by molar-refractivity contribution is -0.277. The molecule has 46 nitrogen and oxygen atoms in total. The third kappa shape index (κ3) is 56.2. The van der Waals surface area contributed by atoms with Gasteiger partial charge in [-0.1, -0.05) is 51.9 Å². The highest BCUT2D eigenvalue weighted by Gasteiger charge is 2.55. The van der Waals surface area contributed by atoms with Crippen LogP contribution in [0.2, 0.25) is 0 Å². The van der Waals surface area contributed by atoms with Crippen LogP contribution in [0.25, 0.3) is 0 Å². The van der Waals surface area contributed by atoms with Gasteiger partial charge >= 0.3 is 79.5 Å². The number of ether oxygens (including phenoxy) is 19. The van der Waals surface area contributed by atoms with E-state index in [1.807, 2.05) is 6.92 Å². The van der Waals surface area contributed by atoms with E-state index in [4.69, 9.17) is 131 Å². The van der Waals surface area contributed by atoms with E-state index in [9.17, 15) is 73.3 Å². The van der Waals surface area contributed by atoms with Crippen molar-refractivity contribution >= 4 is 97.3 Å². The second-order valence-corrected chi connectivity index (χ2v) is 35.2. The molecule has 10 unspecified atom stereocenters. The second kappa shape index (κ2) is 74.6.